The average molecular weight is 266 g/mol. The van der Waals surface area contributed by atoms with Crippen molar-refractivity contribution in [1.82, 2.24) is 10.3 Å². The minimum atomic E-state index is -0.563. The van der Waals surface area contributed by atoms with Gasteiger partial charge in [0.15, 0.2) is 0 Å². The SMILES string of the molecule is N/C(=N/O)C1CCCC1NC(=O)c1cncc(F)c1. The lowest BCUT2D eigenvalue weighted by atomic mass is 10.0. The number of carbonyl (C=O) groups is 1. The molecule has 19 heavy (non-hydrogen) atoms. The van der Waals surface area contributed by atoms with Crippen LogP contribution in [0.25, 0.3) is 0 Å². The normalized spacial score (nSPS) is 23.3. The minimum Gasteiger partial charge on any atom is -0.409 e. The van der Waals surface area contributed by atoms with Gasteiger partial charge in [-0.1, -0.05) is 11.6 Å². The highest BCUT2D eigenvalue weighted by Crippen LogP contribution is 2.26. The Morgan fingerprint density at radius 2 is 2.32 bits per heavy atom. The van der Waals surface area contributed by atoms with Crippen LogP contribution in [0.1, 0.15) is 29.6 Å². The van der Waals surface area contributed by atoms with Crippen LogP contribution in [0, 0.1) is 11.7 Å². The molecule has 1 aliphatic rings. The summed E-state index contributed by atoms with van der Waals surface area (Å²) in [5.41, 5.74) is 5.74. The van der Waals surface area contributed by atoms with Gasteiger partial charge in [-0.25, -0.2) is 4.39 Å². The van der Waals surface area contributed by atoms with Crippen molar-refractivity contribution >= 4 is 11.7 Å². The molecule has 1 aliphatic carbocycles. The molecule has 0 bridgehead atoms. The van der Waals surface area contributed by atoms with Gasteiger partial charge in [0.25, 0.3) is 5.91 Å². The van der Waals surface area contributed by atoms with E-state index < -0.39 is 11.7 Å². The van der Waals surface area contributed by atoms with Gasteiger partial charge in [0, 0.05) is 18.2 Å². The smallest absolute Gasteiger partial charge is 0.253 e. The number of hydrogen-bond donors (Lipinski definition) is 3. The number of pyridine rings is 1. The summed E-state index contributed by atoms with van der Waals surface area (Å²) in [4.78, 5) is 15.6. The van der Waals surface area contributed by atoms with Crippen molar-refractivity contribution in [1.29, 1.82) is 0 Å². The van der Waals surface area contributed by atoms with Gasteiger partial charge in [-0.15, -0.1) is 0 Å². The first-order valence-corrected chi connectivity index (χ1v) is 6.00. The third-order valence-electron chi connectivity index (χ3n) is 3.29. The number of halogens is 1. The lowest BCUT2D eigenvalue weighted by Gasteiger charge is -2.19. The lowest BCUT2D eigenvalue weighted by molar-refractivity contribution is 0.0932. The average Bonchev–Trinajstić information content (AvgIpc) is 2.86. The maximum atomic E-state index is 13.0. The number of nitrogens with two attached hydrogens (primary N) is 1. The molecule has 1 aromatic rings. The Bertz CT molecular complexity index is 506. The van der Waals surface area contributed by atoms with Crippen molar-refractivity contribution in [3.63, 3.8) is 0 Å². The first kappa shape index (κ1) is 13.3. The highest BCUT2D eigenvalue weighted by molar-refractivity contribution is 5.94. The number of aromatic nitrogens is 1. The van der Waals surface area contributed by atoms with Gasteiger partial charge in [0.2, 0.25) is 0 Å². The summed E-state index contributed by atoms with van der Waals surface area (Å²) in [5, 5.41) is 14.4. The largest absolute Gasteiger partial charge is 0.409 e. The number of amidine groups is 1. The van der Waals surface area contributed by atoms with E-state index in [0.717, 1.165) is 31.5 Å². The van der Waals surface area contributed by atoms with Crippen LogP contribution in [-0.4, -0.2) is 28.0 Å². The highest BCUT2D eigenvalue weighted by Gasteiger charge is 2.32. The molecule has 102 valence electrons. The number of hydrogen-bond acceptors (Lipinski definition) is 4. The van der Waals surface area contributed by atoms with Gasteiger partial charge in [0.05, 0.1) is 11.8 Å². The summed E-state index contributed by atoms with van der Waals surface area (Å²) in [6, 6.07) is 0.919. The molecule has 1 aromatic heterocycles. The third kappa shape index (κ3) is 2.98. The molecule has 7 heteroatoms. The van der Waals surface area contributed by atoms with Crippen molar-refractivity contribution < 1.29 is 14.4 Å². The molecule has 4 N–H and O–H groups in total. The lowest BCUT2D eigenvalue weighted by Crippen LogP contribution is -2.42. The Balaban J connectivity index is 2.06. The molecule has 0 aromatic carbocycles. The highest BCUT2D eigenvalue weighted by atomic mass is 19.1. The molecule has 1 amide bonds. The number of oxime groups is 1. The van der Waals surface area contributed by atoms with Crippen LogP contribution < -0.4 is 11.1 Å². The van der Waals surface area contributed by atoms with Gasteiger partial charge in [-0.2, -0.15) is 0 Å². The maximum absolute atomic E-state index is 13.0. The predicted molar refractivity (Wildman–Crippen MR) is 66.2 cm³/mol. The fourth-order valence-corrected chi connectivity index (χ4v) is 2.35. The van der Waals surface area contributed by atoms with E-state index in [1.54, 1.807) is 0 Å². The zero-order valence-corrected chi connectivity index (χ0v) is 10.2. The minimum absolute atomic E-state index is 0.111. The Morgan fingerprint density at radius 1 is 1.53 bits per heavy atom. The van der Waals surface area contributed by atoms with Gasteiger partial charge < -0.3 is 16.3 Å². The molecule has 2 unspecified atom stereocenters. The van der Waals surface area contributed by atoms with Gasteiger partial charge in [-0.3, -0.25) is 9.78 Å². The van der Waals surface area contributed by atoms with E-state index in [1.165, 1.54) is 6.20 Å². The number of nitrogens with zero attached hydrogens (tertiary/aromatic N) is 2. The van der Waals surface area contributed by atoms with Gasteiger partial charge in [-0.05, 0) is 18.9 Å². The molecule has 6 nitrogen and oxygen atoms in total. The van der Waals surface area contributed by atoms with Gasteiger partial charge in [0.1, 0.15) is 11.7 Å². The first-order chi connectivity index (χ1) is 9.11. The van der Waals surface area contributed by atoms with Crippen molar-refractivity contribution in [2.75, 3.05) is 0 Å². The Kier molecular flexibility index (Phi) is 3.94. The van der Waals surface area contributed by atoms with E-state index >= 15 is 0 Å². The summed E-state index contributed by atoms with van der Waals surface area (Å²) in [7, 11) is 0. The predicted octanol–water partition coefficient (Wildman–Crippen LogP) is 0.866. The van der Waals surface area contributed by atoms with Crippen LogP contribution in [0.15, 0.2) is 23.6 Å². The quantitative estimate of drug-likeness (QED) is 0.327. The topological polar surface area (TPSA) is 101 Å². The van der Waals surface area contributed by atoms with Crippen molar-refractivity contribution in [3.8, 4) is 0 Å². The molecule has 2 rings (SSSR count). The Hall–Kier alpha value is -2.18. The molecule has 0 radical (unpaired) electrons. The number of carbonyl (C=O) groups excluding carboxylic acids is 1. The van der Waals surface area contributed by atoms with Crippen molar-refractivity contribution in [3.05, 3.63) is 29.8 Å². The van der Waals surface area contributed by atoms with Crippen molar-refractivity contribution in [2.24, 2.45) is 16.8 Å². The van der Waals surface area contributed by atoms with Crippen LogP contribution in [0.3, 0.4) is 0 Å². The van der Waals surface area contributed by atoms with E-state index in [9.17, 15) is 9.18 Å². The Labute approximate surface area is 109 Å². The summed E-state index contributed by atoms with van der Waals surface area (Å²) in [5.74, 6) is -1.04. The van der Waals surface area contributed by atoms with Gasteiger partial charge >= 0.3 is 0 Å². The second-order valence-electron chi connectivity index (χ2n) is 4.53. The molecule has 1 saturated carbocycles. The number of amides is 1. The summed E-state index contributed by atoms with van der Waals surface area (Å²) in [6.45, 7) is 0. The molecule has 0 saturated heterocycles. The van der Waals surface area contributed by atoms with Crippen LogP contribution in [-0.2, 0) is 0 Å². The third-order valence-corrected chi connectivity index (χ3v) is 3.29. The number of nitrogens with one attached hydrogen (secondary N) is 1. The fourth-order valence-electron chi connectivity index (χ4n) is 2.35. The Morgan fingerprint density at radius 3 is 3.00 bits per heavy atom. The summed E-state index contributed by atoms with van der Waals surface area (Å²) < 4.78 is 13.0. The fraction of sp³-hybridized carbons (Fsp3) is 0.417. The van der Waals surface area contributed by atoms with E-state index in [2.05, 4.69) is 15.5 Å². The second-order valence-corrected chi connectivity index (χ2v) is 4.53. The zero-order chi connectivity index (χ0) is 13.8. The molecular weight excluding hydrogens is 251 g/mol. The molecular formula is C12H15FN4O2. The van der Waals surface area contributed by atoms with E-state index in [0.29, 0.717) is 0 Å². The van der Waals surface area contributed by atoms with Crippen LogP contribution >= 0.6 is 0 Å². The molecule has 1 fully saturated rings. The molecule has 1 heterocycles. The van der Waals surface area contributed by atoms with Crippen LogP contribution in [0.2, 0.25) is 0 Å². The maximum Gasteiger partial charge on any atom is 0.253 e. The van der Waals surface area contributed by atoms with Crippen molar-refractivity contribution in [2.45, 2.75) is 25.3 Å². The summed E-state index contributed by atoms with van der Waals surface area (Å²) in [6.07, 6.45) is 4.71. The molecule has 0 spiro atoms. The zero-order valence-electron chi connectivity index (χ0n) is 10.2. The number of rotatable bonds is 3. The van der Waals surface area contributed by atoms with E-state index in [-0.39, 0.29) is 23.4 Å². The van der Waals surface area contributed by atoms with E-state index in [1.807, 2.05) is 0 Å². The van der Waals surface area contributed by atoms with Crippen LogP contribution in [0.5, 0.6) is 0 Å². The van der Waals surface area contributed by atoms with E-state index in [4.69, 9.17) is 10.9 Å². The molecule has 2 atom stereocenters. The van der Waals surface area contributed by atoms with Crippen LogP contribution in [0.4, 0.5) is 4.39 Å². The summed E-state index contributed by atoms with van der Waals surface area (Å²) >= 11 is 0. The standard InChI is InChI=1S/C12H15FN4O2/c13-8-4-7(5-15-6-8)12(18)16-10-3-1-2-9(10)11(14)17-19/h4-6,9-10,19H,1-3H2,(H2,14,17)(H,16,18). The second kappa shape index (κ2) is 5.64. The monoisotopic (exact) mass is 266 g/mol. The first-order valence-electron chi connectivity index (χ1n) is 6.00. The molecule has 0 aliphatic heterocycles.